The Labute approximate surface area is 123 Å². The summed E-state index contributed by atoms with van der Waals surface area (Å²) in [5, 5.41) is 8.25. The molecule has 0 radical (unpaired) electrons. The van der Waals surface area contributed by atoms with Gasteiger partial charge in [-0.25, -0.2) is 0 Å². The first-order valence-corrected chi connectivity index (χ1v) is 5.87. The van der Waals surface area contributed by atoms with E-state index in [1.807, 2.05) is 77.8 Å². The van der Waals surface area contributed by atoms with Gasteiger partial charge in [0.05, 0.1) is 11.4 Å². The molecule has 0 unspecified atom stereocenters. The van der Waals surface area contributed by atoms with Crippen LogP contribution in [0.15, 0.2) is 65.8 Å². The van der Waals surface area contributed by atoms with E-state index >= 15 is 0 Å². The second kappa shape index (κ2) is 5.75. The van der Waals surface area contributed by atoms with E-state index in [1.54, 1.807) is 0 Å². The fraction of sp³-hybridized carbons (Fsp3) is 0.0714. The lowest BCUT2D eigenvalue weighted by molar-refractivity contribution is 0.770. The molecule has 5 heteroatoms. The molecule has 0 saturated heterocycles. The fourth-order valence-electron chi connectivity index (χ4n) is 1.89. The van der Waals surface area contributed by atoms with E-state index in [4.69, 9.17) is 0 Å². The maximum atomic E-state index is 4.48. The van der Waals surface area contributed by atoms with Crippen molar-refractivity contribution in [1.29, 1.82) is 0 Å². The van der Waals surface area contributed by atoms with Crippen LogP contribution in [0.4, 0.5) is 11.4 Å². The van der Waals surface area contributed by atoms with Gasteiger partial charge in [-0.05, 0) is 31.2 Å². The summed E-state index contributed by atoms with van der Waals surface area (Å²) in [7, 11) is 0. The molecule has 1 heterocycles. The normalized spacial score (nSPS) is 13.6. The molecule has 2 aromatic rings. The van der Waals surface area contributed by atoms with E-state index in [0.717, 1.165) is 17.2 Å². The Morgan fingerprint density at radius 2 is 1.37 bits per heavy atom. The molecule has 19 heavy (non-hydrogen) atoms. The SMILES string of the molecule is Br.CC1=NN(c2ccccc2)N(c2ccccc2)N1. The average Bonchev–Trinajstić information content (AvgIpc) is 2.83. The lowest BCUT2D eigenvalue weighted by Gasteiger charge is -2.27. The molecule has 3 rings (SSSR count). The largest absolute Gasteiger partial charge is 0.263 e. The smallest absolute Gasteiger partial charge is 0.142 e. The average molecular weight is 319 g/mol. The highest BCUT2D eigenvalue weighted by Gasteiger charge is 2.22. The van der Waals surface area contributed by atoms with Crippen LogP contribution in [0.2, 0.25) is 0 Å². The van der Waals surface area contributed by atoms with Gasteiger partial charge < -0.3 is 0 Å². The van der Waals surface area contributed by atoms with Crippen LogP contribution in [0.5, 0.6) is 0 Å². The molecule has 1 aliphatic rings. The van der Waals surface area contributed by atoms with Gasteiger partial charge in [-0.2, -0.15) is 10.2 Å². The number of hydrazine groups is 2. The number of halogens is 1. The van der Waals surface area contributed by atoms with Gasteiger partial charge in [-0.1, -0.05) is 36.4 Å². The number of hydrazone groups is 1. The van der Waals surface area contributed by atoms with Crippen LogP contribution in [-0.2, 0) is 0 Å². The molecule has 0 spiro atoms. The summed E-state index contributed by atoms with van der Waals surface area (Å²) in [5.74, 6) is 0.864. The van der Waals surface area contributed by atoms with Crippen LogP contribution in [0.1, 0.15) is 6.92 Å². The molecular weight excluding hydrogens is 304 g/mol. The number of hydrogen-bond acceptors (Lipinski definition) is 4. The Balaban J connectivity index is 0.00000133. The van der Waals surface area contributed by atoms with Crippen LogP contribution in [-0.4, -0.2) is 5.84 Å². The van der Waals surface area contributed by atoms with Crippen molar-refractivity contribution in [2.45, 2.75) is 6.92 Å². The lowest BCUT2D eigenvalue weighted by atomic mass is 10.3. The molecule has 0 atom stereocenters. The van der Waals surface area contributed by atoms with E-state index < -0.39 is 0 Å². The van der Waals surface area contributed by atoms with E-state index in [-0.39, 0.29) is 17.0 Å². The van der Waals surface area contributed by atoms with Crippen molar-refractivity contribution in [3.8, 4) is 0 Å². The van der Waals surface area contributed by atoms with Gasteiger partial charge in [0.2, 0.25) is 0 Å². The minimum absolute atomic E-state index is 0. The third-order valence-electron chi connectivity index (χ3n) is 2.69. The van der Waals surface area contributed by atoms with Gasteiger partial charge in [0, 0.05) is 0 Å². The number of hydrogen-bond donors (Lipinski definition) is 1. The molecular formula is C14H15BrN4. The van der Waals surface area contributed by atoms with E-state index in [0.29, 0.717) is 0 Å². The third-order valence-corrected chi connectivity index (χ3v) is 2.69. The fourth-order valence-corrected chi connectivity index (χ4v) is 1.89. The summed E-state index contributed by atoms with van der Waals surface area (Å²) in [5.41, 5.74) is 5.29. The Bertz CT molecular complexity index is 556. The minimum atomic E-state index is 0. The number of rotatable bonds is 2. The van der Waals surface area contributed by atoms with Crippen molar-refractivity contribution in [1.82, 2.24) is 5.43 Å². The maximum Gasteiger partial charge on any atom is 0.142 e. The lowest BCUT2D eigenvalue weighted by Crippen LogP contribution is -2.44. The maximum absolute atomic E-state index is 4.48. The molecule has 0 amide bonds. The molecule has 0 bridgehead atoms. The van der Waals surface area contributed by atoms with Gasteiger partial charge in [0.25, 0.3) is 0 Å². The Kier molecular flexibility index (Phi) is 4.06. The Morgan fingerprint density at radius 1 is 0.842 bits per heavy atom. The number of nitrogens with one attached hydrogen (secondary N) is 1. The second-order valence-corrected chi connectivity index (χ2v) is 4.07. The second-order valence-electron chi connectivity index (χ2n) is 4.07. The molecule has 2 aromatic carbocycles. The van der Waals surface area contributed by atoms with E-state index in [9.17, 15) is 0 Å². The van der Waals surface area contributed by atoms with E-state index in [1.165, 1.54) is 0 Å². The number of nitrogens with zero attached hydrogens (tertiary/aromatic N) is 3. The molecule has 0 fully saturated rings. The van der Waals surface area contributed by atoms with Gasteiger partial charge >= 0.3 is 0 Å². The topological polar surface area (TPSA) is 30.9 Å². The summed E-state index contributed by atoms with van der Waals surface area (Å²) >= 11 is 0. The monoisotopic (exact) mass is 318 g/mol. The summed E-state index contributed by atoms with van der Waals surface area (Å²) < 4.78 is 0. The highest BCUT2D eigenvalue weighted by atomic mass is 79.9. The number of anilines is 2. The van der Waals surface area contributed by atoms with Crippen LogP contribution in [0.3, 0.4) is 0 Å². The van der Waals surface area contributed by atoms with Gasteiger partial charge in [0.15, 0.2) is 0 Å². The van der Waals surface area contributed by atoms with Crippen molar-refractivity contribution in [3.05, 3.63) is 60.7 Å². The van der Waals surface area contributed by atoms with Gasteiger partial charge in [0.1, 0.15) is 5.84 Å². The van der Waals surface area contributed by atoms with Crippen LogP contribution >= 0.6 is 17.0 Å². The Morgan fingerprint density at radius 3 is 1.95 bits per heavy atom. The van der Waals surface area contributed by atoms with E-state index in [2.05, 4.69) is 10.5 Å². The van der Waals surface area contributed by atoms with Gasteiger partial charge in [-0.3, -0.25) is 5.43 Å². The quantitative estimate of drug-likeness (QED) is 0.921. The highest BCUT2D eigenvalue weighted by Crippen LogP contribution is 2.23. The first-order valence-electron chi connectivity index (χ1n) is 5.87. The van der Waals surface area contributed by atoms with Crippen molar-refractivity contribution in [3.63, 3.8) is 0 Å². The van der Waals surface area contributed by atoms with Crippen LogP contribution in [0.25, 0.3) is 0 Å². The van der Waals surface area contributed by atoms with Crippen LogP contribution < -0.4 is 15.7 Å². The summed E-state index contributed by atoms with van der Waals surface area (Å²) in [6.07, 6.45) is 0. The molecule has 4 nitrogen and oxygen atoms in total. The van der Waals surface area contributed by atoms with Crippen LogP contribution in [0, 0.1) is 0 Å². The predicted molar refractivity (Wildman–Crippen MR) is 84.4 cm³/mol. The Hall–Kier alpha value is -2.01. The first-order chi connectivity index (χ1) is 8.84. The molecule has 1 N–H and O–H groups in total. The molecule has 0 aliphatic carbocycles. The van der Waals surface area contributed by atoms with Crippen molar-refractivity contribution < 1.29 is 0 Å². The first kappa shape index (κ1) is 13.4. The summed E-state index contributed by atoms with van der Waals surface area (Å²) in [6, 6.07) is 20.1. The number of benzene rings is 2. The van der Waals surface area contributed by atoms with Crippen molar-refractivity contribution >= 4 is 34.2 Å². The molecule has 1 aliphatic heterocycles. The zero-order valence-corrected chi connectivity index (χ0v) is 12.2. The zero-order chi connectivity index (χ0) is 12.4. The molecule has 98 valence electrons. The third kappa shape index (κ3) is 2.71. The standard InChI is InChI=1S/C14H14N4.BrH/c1-12-15-17(13-8-4-2-5-9-13)18(16-12)14-10-6-3-7-11-14;/h2-11H,1H3,(H,15,16);1H. The van der Waals surface area contributed by atoms with Crippen molar-refractivity contribution in [2.75, 3.05) is 10.2 Å². The minimum Gasteiger partial charge on any atom is -0.263 e. The molecule has 0 saturated carbocycles. The highest BCUT2D eigenvalue weighted by molar-refractivity contribution is 8.93. The predicted octanol–water partition coefficient (Wildman–Crippen LogP) is 3.34. The molecule has 0 aromatic heterocycles. The number of amidine groups is 1. The summed E-state index contributed by atoms with van der Waals surface area (Å²) in [4.78, 5) is 0. The number of para-hydroxylation sites is 2. The van der Waals surface area contributed by atoms with Crippen molar-refractivity contribution in [2.24, 2.45) is 5.10 Å². The summed E-state index contributed by atoms with van der Waals surface area (Å²) in [6.45, 7) is 1.94. The van der Waals surface area contributed by atoms with Gasteiger partial charge in [-0.15, -0.1) is 22.1 Å². The zero-order valence-electron chi connectivity index (χ0n) is 10.5.